The predicted molar refractivity (Wildman–Crippen MR) is 72.2 cm³/mol. The summed E-state index contributed by atoms with van der Waals surface area (Å²) in [5.41, 5.74) is 1.25. The molecule has 1 aliphatic heterocycles. The summed E-state index contributed by atoms with van der Waals surface area (Å²) in [5, 5.41) is 5.58. The fourth-order valence-electron chi connectivity index (χ4n) is 2.49. The van der Waals surface area contributed by atoms with Crippen LogP contribution < -0.4 is 5.32 Å². The van der Waals surface area contributed by atoms with Gasteiger partial charge in [-0.3, -0.25) is 0 Å². The number of thiophene rings is 1. The van der Waals surface area contributed by atoms with E-state index in [1.807, 2.05) is 0 Å². The number of hydrogen-bond donors (Lipinski definition) is 1. The minimum Gasteiger partial charge on any atom is -0.310 e. The minimum absolute atomic E-state index is 0.197. The van der Waals surface area contributed by atoms with Crippen LogP contribution in [0.1, 0.15) is 29.8 Å². The highest BCUT2D eigenvalue weighted by molar-refractivity contribution is 7.91. The zero-order chi connectivity index (χ0) is 12.5. The van der Waals surface area contributed by atoms with E-state index in [9.17, 15) is 8.42 Å². The Balaban J connectivity index is 2.18. The van der Waals surface area contributed by atoms with E-state index in [1.54, 1.807) is 11.3 Å². The van der Waals surface area contributed by atoms with Crippen LogP contribution in [0.3, 0.4) is 0 Å². The smallest absolute Gasteiger partial charge is 0.150 e. The first-order valence-electron chi connectivity index (χ1n) is 6.00. The molecule has 17 heavy (non-hydrogen) atoms. The van der Waals surface area contributed by atoms with Gasteiger partial charge < -0.3 is 5.32 Å². The van der Waals surface area contributed by atoms with Crippen molar-refractivity contribution in [1.82, 2.24) is 5.32 Å². The minimum atomic E-state index is -2.80. The number of hydrogen-bond acceptors (Lipinski definition) is 4. The number of aryl methyl sites for hydroxylation is 1. The molecule has 1 aliphatic rings. The second kappa shape index (κ2) is 5.08. The van der Waals surface area contributed by atoms with Crippen LogP contribution in [0.15, 0.2) is 11.4 Å². The normalized spacial score (nSPS) is 24.9. The summed E-state index contributed by atoms with van der Waals surface area (Å²) < 4.78 is 23.1. The third kappa shape index (κ3) is 3.09. The standard InChI is InChI=1S/C12H19NO2S2/c1-3-13-12(11-6-9(2)16-7-11)10-4-5-17(14,15)8-10/h6-7,10,12-13H,3-5,8H2,1-2H3. The van der Waals surface area contributed by atoms with Crippen LogP contribution in [0.25, 0.3) is 0 Å². The second-order valence-electron chi connectivity index (χ2n) is 4.69. The first-order chi connectivity index (χ1) is 8.02. The van der Waals surface area contributed by atoms with Crippen LogP contribution in [-0.2, 0) is 9.84 Å². The van der Waals surface area contributed by atoms with Crippen molar-refractivity contribution in [2.75, 3.05) is 18.1 Å². The van der Waals surface area contributed by atoms with Gasteiger partial charge in [-0.15, -0.1) is 11.3 Å². The van der Waals surface area contributed by atoms with E-state index in [0.717, 1.165) is 13.0 Å². The molecule has 2 heterocycles. The van der Waals surface area contributed by atoms with Crippen molar-refractivity contribution in [2.45, 2.75) is 26.3 Å². The van der Waals surface area contributed by atoms with Crippen LogP contribution in [0.5, 0.6) is 0 Å². The van der Waals surface area contributed by atoms with Crippen molar-refractivity contribution in [1.29, 1.82) is 0 Å². The van der Waals surface area contributed by atoms with E-state index >= 15 is 0 Å². The molecule has 2 rings (SSSR count). The molecule has 96 valence electrons. The van der Waals surface area contributed by atoms with Crippen LogP contribution >= 0.6 is 11.3 Å². The van der Waals surface area contributed by atoms with Crippen molar-refractivity contribution >= 4 is 21.2 Å². The molecule has 0 saturated carbocycles. The van der Waals surface area contributed by atoms with Crippen molar-refractivity contribution in [3.05, 3.63) is 21.9 Å². The molecule has 0 radical (unpaired) electrons. The largest absolute Gasteiger partial charge is 0.310 e. The Morgan fingerprint density at radius 3 is 2.82 bits per heavy atom. The summed E-state index contributed by atoms with van der Waals surface area (Å²) in [6.07, 6.45) is 0.787. The Morgan fingerprint density at radius 1 is 1.59 bits per heavy atom. The highest BCUT2D eigenvalue weighted by atomic mass is 32.2. The molecule has 1 N–H and O–H groups in total. The Kier molecular flexibility index (Phi) is 3.90. The highest BCUT2D eigenvalue weighted by Crippen LogP contribution is 2.33. The second-order valence-corrected chi connectivity index (χ2v) is 8.03. The molecular formula is C12H19NO2S2. The highest BCUT2D eigenvalue weighted by Gasteiger charge is 2.34. The maximum atomic E-state index is 11.6. The lowest BCUT2D eigenvalue weighted by Crippen LogP contribution is -2.28. The Morgan fingerprint density at radius 2 is 2.35 bits per heavy atom. The molecule has 1 aromatic heterocycles. The van der Waals surface area contributed by atoms with E-state index in [-0.39, 0.29) is 12.0 Å². The summed E-state index contributed by atoms with van der Waals surface area (Å²) >= 11 is 1.73. The van der Waals surface area contributed by atoms with Gasteiger partial charge in [0.25, 0.3) is 0 Å². The summed E-state index contributed by atoms with van der Waals surface area (Å²) in [5.74, 6) is 0.913. The molecule has 0 amide bonds. The lowest BCUT2D eigenvalue weighted by atomic mass is 9.94. The SMILES string of the molecule is CCNC(c1csc(C)c1)C1CCS(=O)(=O)C1. The van der Waals surface area contributed by atoms with Gasteiger partial charge in [0.1, 0.15) is 0 Å². The maximum Gasteiger partial charge on any atom is 0.150 e. The molecule has 2 atom stereocenters. The van der Waals surface area contributed by atoms with E-state index < -0.39 is 9.84 Å². The monoisotopic (exact) mass is 273 g/mol. The van der Waals surface area contributed by atoms with E-state index in [0.29, 0.717) is 11.5 Å². The molecule has 0 spiro atoms. The van der Waals surface area contributed by atoms with Crippen molar-refractivity contribution in [3.63, 3.8) is 0 Å². The predicted octanol–water partition coefficient (Wildman–Crippen LogP) is 2.14. The van der Waals surface area contributed by atoms with Crippen LogP contribution in [0.4, 0.5) is 0 Å². The van der Waals surface area contributed by atoms with Crippen molar-refractivity contribution in [3.8, 4) is 0 Å². The lowest BCUT2D eigenvalue weighted by molar-refractivity contribution is 0.401. The van der Waals surface area contributed by atoms with Gasteiger partial charge in [0.15, 0.2) is 9.84 Å². The Labute approximate surface area is 107 Å². The molecular weight excluding hydrogens is 254 g/mol. The van der Waals surface area contributed by atoms with Gasteiger partial charge in [0.05, 0.1) is 11.5 Å². The fraction of sp³-hybridized carbons (Fsp3) is 0.667. The molecule has 1 fully saturated rings. The first kappa shape index (κ1) is 13.1. The van der Waals surface area contributed by atoms with Crippen molar-refractivity contribution < 1.29 is 8.42 Å². The number of rotatable bonds is 4. The molecule has 0 bridgehead atoms. The average Bonchev–Trinajstić information content (AvgIpc) is 2.81. The van der Waals surface area contributed by atoms with Gasteiger partial charge >= 0.3 is 0 Å². The quantitative estimate of drug-likeness (QED) is 0.914. The molecule has 3 nitrogen and oxygen atoms in total. The van der Waals surface area contributed by atoms with Crippen molar-refractivity contribution in [2.24, 2.45) is 5.92 Å². The summed E-state index contributed by atoms with van der Waals surface area (Å²) in [6.45, 7) is 5.02. The van der Waals surface area contributed by atoms with E-state index in [2.05, 4.69) is 30.6 Å². The summed E-state index contributed by atoms with van der Waals surface area (Å²) in [6, 6.07) is 2.37. The Bertz CT molecular complexity index is 478. The van der Waals surface area contributed by atoms with Gasteiger partial charge in [-0.1, -0.05) is 6.92 Å². The maximum absolute atomic E-state index is 11.6. The van der Waals surface area contributed by atoms with E-state index in [1.165, 1.54) is 10.4 Å². The van der Waals surface area contributed by atoms with Gasteiger partial charge in [0, 0.05) is 10.9 Å². The summed E-state index contributed by atoms with van der Waals surface area (Å²) in [4.78, 5) is 1.28. The number of sulfone groups is 1. The zero-order valence-corrected chi connectivity index (χ0v) is 11.9. The lowest BCUT2D eigenvalue weighted by Gasteiger charge is -2.22. The molecule has 0 aliphatic carbocycles. The molecule has 1 aromatic rings. The number of nitrogens with one attached hydrogen (secondary N) is 1. The topological polar surface area (TPSA) is 46.2 Å². The van der Waals surface area contributed by atoms with Gasteiger partial charge in [-0.05, 0) is 42.8 Å². The van der Waals surface area contributed by atoms with Crippen LogP contribution in [0, 0.1) is 12.8 Å². The molecule has 5 heteroatoms. The molecule has 1 saturated heterocycles. The average molecular weight is 273 g/mol. The van der Waals surface area contributed by atoms with Gasteiger partial charge in [0.2, 0.25) is 0 Å². The summed E-state index contributed by atoms with van der Waals surface area (Å²) in [7, 11) is -2.80. The van der Waals surface area contributed by atoms with Crippen LogP contribution in [-0.4, -0.2) is 26.5 Å². The van der Waals surface area contributed by atoms with Gasteiger partial charge in [-0.25, -0.2) is 8.42 Å². The molecule has 2 unspecified atom stereocenters. The van der Waals surface area contributed by atoms with Gasteiger partial charge in [-0.2, -0.15) is 0 Å². The fourth-order valence-corrected chi connectivity index (χ4v) is 5.07. The third-order valence-corrected chi connectivity index (χ3v) is 5.95. The van der Waals surface area contributed by atoms with E-state index in [4.69, 9.17) is 0 Å². The third-order valence-electron chi connectivity index (χ3n) is 3.27. The zero-order valence-electron chi connectivity index (χ0n) is 10.3. The Hall–Kier alpha value is -0.390. The van der Waals surface area contributed by atoms with Crippen LogP contribution in [0.2, 0.25) is 0 Å². The first-order valence-corrected chi connectivity index (χ1v) is 8.71. The molecule has 0 aromatic carbocycles.